The van der Waals surface area contributed by atoms with Gasteiger partial charge >= 0.3 is 6.18 Å². The van der Waals surface area contributed by atoms with Crippen LogP contribution < -0.4 is 16.0 Å². The molecule has 13 heteroatoms. The van der Waals surface area contributed by atoms with Crippen LogP contribution in [0.3, 0.4) is 0 Å². The van der Waals surface area contributed by atoms with E-state index in [9.17, 15) is 22.4 Å². The molecule has 1 atom stereocenters. The number of amides is 1. The first-order chi connectivity index (χ1) is 21.5. The molecule has 9 nitrogen and oxygen atoms in total. The van der Waals surface area contributed by atoms with Gasteiger partial charge in [0.05, 0.1) is 29.5 Å². The van der Waals surface area contributed by atoms with E-state index in [4.69, 9.17) is 0 Å². The minimum Gasteiger partial charge on any atom is -0.369 e. The molecule has 1 aliphatic rings. The maximum atomic E-state index is 14.6. The van der Waals surface area contributed by atoms with Crippen molar-refractivity contribution in [1.82, 2.24) is 30.2 Å². The van der Waals surface area contributed by atoms with E-state index >= 15 is 0 Å². The number of pyridine rings is 2. The van der Waals surface area contributed by atoms with E-state index in [0.717, 1.165) is 23.7 Å². The number of carbonyl (C=O) groups is 1. The quantitative estimate of drug-likeness (QED) is 0.190. The van der Waals surface area contributed by atoms with Gasteiger partial charge in [-0.2, -0.15) is 13.2 Å². The predicted molar refractivity (Wildman–Crippen MR) is 166 cm³/mol. The predicted octanol–water partition coefficient (Wildman–Crippen LogP) is 5.80. The monoisotopic (exact) mass is 624 g/mol. The van der Waals surface area contributed by atoms with Crippen molar-refractivity contribution in [2.24, 2.45) is 0 Å². The molecule has 0 aliphatic carbocycles. The van der Waals surface area contributed by atoms with Gasteiger partial charge in [-0.3, -0.25) is 14.7 Å². The number of likely N-dealkylation sites (tertiary alicyclic amines) is 1. The van der Waals surface area contributed by atoms with E-state index in [0.29, 0.717) is 60.7 Å². The number of benzene rings is 1. The Hall–Kier alpha value is -4.39. The number of hydrogen-bond donors (Lipinski definition) is 3. The highest BCUT2D eigenvalue weighted by atomic mass is 19.4. The average molecular weight is 625 g/mol. The van der Waals surface area contributed by atoms with Crippen molar-refractivity contribution in [3.63, 3.8) is 0 Å². The van der Waals surface area contributed by atoms with E-state index in [2.05, 4.69) is 49.7 Å². The topological polar surface area (TPSA) is 108 Å². The molecule has 1 amide bonds. The zero-order valence-electron chi connectivity index (χ0n) is 25.4. The number of piperidine rings is 1. The molecule has 45 heavy (non-hydrogen) atoms. The van der Waals surface area contributed by atoms with Crippen LogP contribution in [-0.4, -0.2) is 76.2 Å². The third kappa shape index (κ3) is 7.47. The van der Waals surface area contributed by atoms with Gasteiger partial charge in [0.15, 0.2) is 5.82 Å². The van der Waals surface area contributed by atoms with Gasteiger partial charge < -0.3 is 16.0 Å². The summed E-state index contributed by atoms with van der Waals surface area (Å²) in [6.45, 7) is 4.52. The Morgan fingerprint density at radius 3 is 2.47 bits per heavy atom. The number of para-hydroxylation sites is 1. The summed E-state index contributed by atoms with van der Waals surface area (Å²) in [4.78, 5) is 31.6. The van der Waals surface area contributed by atoms with Crippen LogP contribution in [0.15, 0.2) is 55.1 Å². The van der Waals surface area contributed by atoms with Gasteiger partial charge in [0.25, 0.3) is 5.91 Å². The van der Waals surface area contributed by atoms with Crippen LogP contribution in [0.25, 0.3) is 22.2 Å². The molecule has 0 radical (unpaired) electrons. The van der Waals surface area contributed by atoms with Crippen LogP contribution in [0.1, 0.15) is 49.0 Å². The van der Waals surface area contributed by atoms with E-state index in [1.807, 2.05) is 30.3 Å². The first-order valence-electron chi connectivity index (χ1n) is 14.9. The highest BCUT2D eigenvalue weighted by Gasteiger charge is 2.33. The highest BCUT2D eigenvalue weighted by Crippen LogP contribution is 2.34. The van der Waals surface area contributed by atoms with E-state index in [-0.39, 0.29) is 11.6 Å². The van der Waals surface area contributed by atoms with Crippen molar-refractivity contribution >= 4 is 28.4 Å². The van der Waals surface area contributed by atoms with Crippen LogP contribution >= 0.6 is 0 Å². The SMILES string of the molecule is CC[C@@](C)(CNc1cc(-c2ccc(NC3CCN(CC(F)(F)F)CC3)nc2)ncn1)c1cccc2c(C(=O)NC)c(F)cnc12. The summed E-state index contributed by atoms with van der Waals surface area (Å²) < 4.78 is 52.6. The van der Waals surface area contributed by atoms with Crippen LogP contribution in [-0.2, 0) is 5.41 Å². The van der Waals surface area contributed by atoms with Crippen molar-refractivity contribution in [3.05, 3.63) is 72.1 Å². The maximum absolute atomic E-state index is 14.6. The van der Waals surface area contributed by atoms with Gasteiger partial charge in [-0.25, -0.2) is 19.3 Å². The Morgan fingerprint density at radius 1 is 1.02 bits per heavy atom. The van der Waals surface area contributed by atoms with Crippen molar-refractivity contribution in [1.29, 1.82) is 0 Å². The fourth-order valence-electron chi connectivity index (χ4n) is 5.68. The number of hydrogen-bond acceptors (Lipinski definition) is 8. The minimum absolute atomic E-state index is 0.0302. The summed E-state index contributed by atoms with van der Waals surface area (Å²) in [6.07, 6.45) is 2.03. The Morgan fingerprint density at radius 2 is 1.80 bits per heavy atom. The second kappa shape index (κ2) is 13.3. The summed E-state index contributed by atoms with van der Waals surface area (Å²) >= 11 is 0. The molecule has 1 fully saturated rings. The van der Waals surface area contributed by atoms with Crippen molar-refractivity contribution in [2.75, 3.05) is 43.9 Å². The Balaban J connectivity index is 1.26. The molecule has 5 rings (SSSR count). The van der Waals surface area contributed by atoms with Crippen LogP contribution in [0.5, 0.6) is 0 Å². The fraction of sp³-hybridized carbons (Fsp3) is 0.406. The number of rotatable bonds is 10. The second-order valence-electron chi connectivity index (χ2n) is 11.6. The molecule has 3 N–H and O–H groups in total. The summed E-state index contributed by atoms with van der Waals surface area (Å²) in [5, 5.41) is 9.70. The van der Waals surface area contributed by atoms with E-state index in [1.54, 1.807) is 12.3 Å². The van der Waals surface area contributed by atoms with Crippen molar-refractivity contribution in [3.8, 4) is 11.3 Å². The van der Waals surface area contributed by atoms with Gasteiger partial charge in [0, 0.05) is 61.4 Å². The zero-order valence-corrected chi connectivity index (χ0v) is 25.4. The molecule has 1 saturated heterocycles. The summed E-state index contributed by atoms with van der Waals surface area (Å²) in [5.74, 6) is 0.0813. The van der Waals surface area contributed by atoms with Gasteiger partial charge in [0.2, 0.25) is 0 Å². The normalized spacial score (nSPS) is 15.9. The third-order valence-electron chi connectivity index (χ3n) is 8.46. The summed E-state index contributed by atoms with van der Waals surface area (Å²) in [6, 6.07) is 11.1. The smallest absolute Gasteiger partial charge is 0.369 e. The number of alkyl halides is 3. The molecular formula is C32H36F4N8O. The van der Waals surface area contributed by atoms with Crippen molar-refractivity contribution in [2.45, 2.75) is 50.7 Å². The van der Waals surface area contributed by atoms with Crippen LogP contribution in [0.4, 0.5) is 29.2 Å². The maximum Gasteiger partial charge on any atom is 0.401 e. The molecule has 238 valence electrons. The highest BCUT2D eigenvalue weighted by molar-refractivity contribution is 6.06. The number of halogens is 4. The average Bonchev–Trinajstić information content (AvgIpc) is 3.03. The zero-order chi connectivity index (χ0) is 32.2. The minimum atomic E-state index is -4.18. The Labute approximate surface area is 258 Å². The van der Waals surface area contributed by atoms with E-state index < -0.39 is 29.9 Å². The van der Waals surface area contributed by atoms with Gasteiger partial charge in [0.1, 0.15) is 18.0 Å². The molecule has 0 spiro atoms. The van der Waals surface area contributed by atoms with Gasteiger partial charge in [-0.1, -0.05) is 32.0 Å². The molecule has 0 unspecified atom stereocenters. The molecule has 1 aromatic carbocycles. The molecular weight excluding hydrogens is 588 g/mol. The number of nitrogens with zero attached hydrogens (tertiary/aromatic N) is 5. The number of fused-ring (bicyclic) bond motifs is 1. The van der Waals surface area contributed by atoms with Crippen molar-refractivity contribution < 1.29 is 22.4 Å². The molecule has 3 aromatic heterocycles. The third-order valence-corrected chi connectivity index (χ3v) is 8.46. The summed E-state index contributed by atoms with van der Waals surface area (Å²) in [5.41, 5.74) is 2.44. The number of aromatic nitrogens is 4. The number of carbonyl (C=O) groups excluding carboxylic acids is 1. The van der Waals surface area contributed by atoms with Crippen LogP contribution in [0, 0.1) is 5.82 Å². The number of nitrogens with one attached hydrogen (secondary N) is 3. The molecule has 1 aliphatic heterocycles. The first kappa shape index (κ1) is 32.0. The number of anilines is 2. The second-order valence-corrected chi connectivity index (χ2v) is 11.6. The largest absolute Gasteiger partial charge is 0.401 e. The van der Waals surface area contributed by atoms with Crippen LogP contribution in [0.2, 0.25) is 0 Å². The lowest BCUT2D eigenvalue weighted by molar-refractivity contribution is -0.147. The lowest BCUT2D eigenvalue weighted by Crippen LogP contribution is -2.43. The molecule has 0 saturated carbocycles. The molecule has 4 aromatic rings. The van der Waals surface area contributed by atoms with E-state index in [1.165, 1.54) is 18.3 Å². The molecule has 0 bridgehead atoms. The Bertz CT molecular complexity index is 1640. The molecule has 4 heterocycles. The lowest BCUT2D eigenvalue weighted by atomic mass is 9.78. The standard InChI is InChI=1S/C32H36F4N8O/c1-4-31(2,23-7-5-6-22-28(30(45)37-3)24(33)16-39-29(22)23)17-40-27-14-25(41-19-42-27)20-8-9-26(38-15-20)43-21-10-12-44(13-11-21)18-32(34,35)36/h5-9,14-16,19,21H,4,10-13,17-18H2,1-3H3,(H,37,45)(H,38,43)(H,40,41,42)/t31-/m0/s1. The van der Waals surface area contributed by atoms with Gasteiger partial charge in [-0.15, -0.1) is 0 Å². The lowest BCUT2D eigenvalue weighted by Gasteiger charge is -2.32. The Kier molecular flexibility index (Phi) is 9.47. The van der Waals surface area contributed by atoms with Gasteiger partial charge in [-0.05, 0) is 37.0 Å². The fourth-order valence-corrected chi connectivity index (χ4v) is 5.68. The first-order valence-corrected chi connectivity index (χ1v) is 14.9. The summed E-state index contributed by atoms with van der Waals surface area (Å²) in [7, 11) is 1.47.